The van der Waals surface area contributed by atoms with Crippen molar-refractivity contribution < 1.29 is 26.4 Å². The van der Waals surface area contributed by atoms with Crippen molar-refractivity contribution in [3.63, 3.8) is 0 Å². The van der Waals surface area contributed by atoms with Crippen molar-refractivity contribution in [2.75, 3.05) is 29.8 Å². The standard InChI is InChI=1S/C29H27ClN4O6S2/c1-31-28(35)21-8-7-9-23(20-21)33-29(36)26-12-5-6-13-27(26)42(39,40)34(24-10-3-2-4-11-24)19-18-32-41(37,38)25-16-14-22(30)15-17-25/h2-17,20,32H,18-19H2,1H3,(H,31,35)(H,33,36). The molecule has 2 amide bonds. The fourth-order valence-corrected chi connectivity index (χ4v) is 6.84. The van der Waals surface area contributed by atoms with Gasteiger partial charge < -0.3 is 10.6 Å². The lowest BCUT2D eigenvalue weighted by atomic mass is 10.1. The van der Waals surface area contributed by atoms with Gasteiger partial charge in [-0.1, -0.05) is 48.0 Å². The smallest absolute Gasteiger partial charge is 0.265 e. The molecule has 4 aromatic rings. The fraction of sp³-hybridized carbons (Fsp3) is 0.103. The molecule has 0 heterocycles. The van der Waals surface area contributed by atoms with E-state index in [2.05, 4.69) is 15.4 Å². The molecule has 0 radical (unpaired) electrons. The van der Waals surface area contributed by atoms with E-state index in [0.717, 1.165) is 4.31 Å². The monoisotopic (exact) mass is 626 g/mol. The Bertz CT molecular complexity index is 1800. The molecule has 0 fully saturated rings. The van der Waals surface area contributed by atoms with Crippen molar-refractivity contribution in [3.8, 4) is 0 Å². The van der Waals surface area contributed by atoms with Gasteiger partial charge in [-0.3, -0.25) is 13.9 Å². The lowest BCUT2D eigenvalue weighted by Crippen LogP contribution is -2.39. The first-order valence-electron chi connectivity index (χ1n) is 12.6. The van der Waals surface area contributed by atoms with Crippen LogP contribution in [0.2, 0.25) is 5.02 Å². The van der Waals surface area contributed by atoms with Crippen LogP contribution in [0.15, 0.2) is 113 Å². The summed E-state index contributed by atoms with van der Waals surface area (Å²) in [5.74, 6) is -1.06. The molecule has 0 aliphatic rings. The van der Waals surface area contributed by atoms with E-state index in [4.69, 9.17) is 11.6 Å². The van der Waals surface area contributed by atoms with Gasteiger partial charge in [0.2, 0.25) is 10.0 Å². The van der Waals surface area contributed by atoms with Gasteiger partial charge in [-0.25, -0.2) is 21.6 Å². The van der Waals surface area contributed by atoms with Gasteiger partial charge in [0.05, 0.1) is 16.1 Å². The van der Waals surface area contributed by atoms with Crippen LogP contribution in [0.5, 0.6) is 0 Å². The Balaban J connectivity index is 1.63. The molecule has 4 aromatic carbocycles. The van der Waals surface area contributed by atoms with Crippen molar-refractivity contribution in [3.05, 3.63) is 119 Å². The van der Waals surface area contributed by atoms with Crippen LogP contribution < -0.4 is 19.7 Å². The second-order valence-corrected chi connectivity index (χ2v) is 12.9. The largest absolute Gasteiger partial charge is 0.355 e. The Morgan fingerprint density at radius 3 is 2.14 bits per heavy atom. The van der Waals surface area contributed by atoms with Crippen LogP contribution in [-0.2, 0) is 20.0 Å². The van der Waals surface area contributed by atoms with E-state index in [1.54, 1.807) is 48.5 Å². The minimum atomic E-state index is -4.38. The van der Waals surface area contributed by atoms with Crippen molar-refractivity contribution in [1.82, 2.24) is 10.0 Å². The van der Waals surface area contributed by atoms with Gasteiger partial charge in [-0.15, -0.1) is 0 Å². The predicted molar refractivity (Wildman–Crippen MR) is 162 cm³/mol. The maximum Gasteiger partial charge on any atom is 0.265 e. The number of amides is 2. The summed E-state index contributed by atoms with van der Waals surface area (Å²) in [6, 6.07) is 25.6. The number of para-hydroxylation sites is 1. The van der Waals surface area contributed by atoms with E-state index in [0.29, 0.717) is 16.3 Å². The quantitative estimate of drug-likeness (QED) is 0.229. The molecular weight excluding hydrogens is 600 g/mol. The van der Waals surface area contributed by atoms with E-state index in [-0.39, 0.29) is 40.0 Å². The molecule has 0 bridgehead atoms. The zero-order valence-corrected chi connectivity index (χ0v) is 24.7. The lowest BCUT2D eigenvalue weighted by Gasteiger charge is -2.25. The number of hydrogen-bond acceptors (Lipinski definition) is 6. The van der Waals surface area contributed by atoms with Crippen molar-refractivity contribution in [1.29, 1.82) is 0 Å². The maximum atomic E-state index is 14.1. The molecule has 42 heavy (non-hydrogen) atoms. The molecule has 0 saturated carbocycles. The van der Waals surface area contributed by atoms with Gasteiger partial charge in [0.1, 0.15) is 4.90 Å². The zero-order chi connectivity index (χ0) is 30.3. The number of halogens is 1. The molecule has 0 atom stereocenters. The molecule has 0 saturated heterocycles. The summed E-state index contributed by atoms with van der Waals surface area (Å²) < 4.78 is 57.1. The Hall–Kier alpha value is -4.23. The van der Waals surface area contributed by atoms with E-state index >= 15 is 0 Å². The molecule has 4 rings (SSSR count). The van der Waals surface area contributed by atoms with Crippen molar-refractivity contribution in [2.24, 2.45) is 0 Å². The van der Waals surface area contributed by atoms with E-state index < -0.39 is 26.0 Å². The Morgan fingerprint density at radius 2 is 1.45 bits per heavy atom. The molecule has 10 nitrogen and oxygen atoms in total. The van der Waals surface area contributed by atoms with Crippen LogP contribution in [0.3, 0.4) is 0 Å². The highest BCUT2D eigenvalue weighted by Gasteiger charge is 2.30. The van der Waals surface area contributed by atoms with Gasteiger partial charge >= 0.3 is 0 Å². The number of benzene rings is 4. The fourth-order valence-electron chi connectivity index (χ4n) is 4.04. The summed E-state index contributed by atoms with van der Waals surface area (Å²) in [6.07, 6.45) is 0. The number of anilines is 2. The number of nitrogens with zero attached hydrogens (tertiary/aromatic N) is 1. The molecular formula is C29H27ClN4O6S2. The average Bonchev–Trinajstić information content (AvgIpc) is 2.99. The molecule has 0 spiro atoms. The highest BCUT2D eigenvalue weighted by molar-refractivity contribution is 7.93. The number of carbonyl (C=O) groups is 2. The summed E-state index contributed by atoms with van der Waals surface area (Å²) in [4.78, 5) is 25.0. The maximum absolute atomic E-state index is 14.1. The Morgan fingerprint density at radius 1 is 0.786 bits per heavy atom. The van der Waals surface area contributed by atoms with Crippen LogP contribution in [0, 0.1) is 0 Å². The lowest BCUT2D eigenvalue weighted by molar-refractivity contribution is 0.0961. The summed E-state index contributed by atoms with van der Waals surface area (Å²) in [5.41, 5.74) is 0.750. The third-order valence-corrected chi connectivity index (χ3v) is 9.70. The predicted octanol–water partition coefficient (Wildman–Crippen LogP) is 4.13. The first-order chi connectivity index (χ1) is 20.0. The number of nitrogens with one attached hydrogen (secondary N) is 3. The topological polar surface area (TPSA) is 142 Å². The number of carbonyl (C=O) groups excluding carboxylic acids is 2. The first-order valence-corrected chi connectivity index (χ1v) is 15.9. The molecule has 3 N–H and O–H groups in total. The van der Waals surface area contributed by atoms with Crippen LogP contribution >= 0.6 is 11.6 Å². The molecule has 0 aromatic heterocycles. The minimum absolute atomic E-state index is 0.0245. The third-order valence-electron chi connectivity index (χ3n) is 6.08. The Kier molecular flexibility index (Phi) is 9.63. The van der Waals surface area contributed by atoms with Crippen molar-refractivity contribution >= 4 is 54.8 Å². The zero-order valence-electron chi connectivity index (χ0n) is 22.3. The van der Waals surface area contributed by atoms with Gasteiger partial charge in [0.15, 0.2) is 0 Å². The summed E-state index contributed by atoms with van der Waals surface area (Å²) in [7, 11) is -6.85. The van der Waals surface area contributed by atoms with E-state index in [9.17, 15) is 26.4 Å². The second-order valence-electron chi connectivity index (χ2n) is 8.87. The summed E-state index contributed by atoms with van der Waals surface area (Å²) in [6.45, 7) is -0.539. The summed E-state index contributed by atoms with van der Waals surface area (Å²) >= 11 is 5.86. The number of hydrogen-bond donors (Lipinski definition) is 3. The third kappa shape index (κ3) is 7.15. The van der Waals surface area contributed by atoms with Crippen LogP contribution in [0.1, 0.15) is 20.7 Å². The molecule has 218 valence electrons. The first kappa shape index (κ1) is 30.7. The van der Waals surface area contributed by atoms with Crippen LogP contribution in [0.25, 0.3) is 0 Å². The van der Waals surface area contributed by atoms with E-state index in [1.807, 2.05) is 0 Å². The van der Waals surface area contributed by atoms with Gasteiger partial charge in [0.25, 0.3) is 21.8 Å². The highest BCUT2D eigenvalue weighted by atomic mass is 35.5. The summed E-state index contributed by atoms with van der Waals surface area (Å²) in [5, 5.41) is 5.53. The number of sulfonamides is 2. The Labute approximate surface area is 249 Å². The minimum Gasteiger partial charge on any atom is -0.355 e. The van der Waals surface area contributed by atoms with Crippen molar-refractivity contribution in [2.45, 2.75) is 9.79 Å². The van der Waals surface area contributed by atoms with Gasteiger partial charge in [0, 0.05) is 36.4 Å². The molecule has 0 aliphatic heterocycles. The van der Waals surface area contributed by atoms with Crippen LogP contribution in [-0.4, -0.2) is 48.8 Å². The van der Waals surface area contributed by atoms with Crippen LogP contribution in [0.4, 0.5) is 11.4 Å². The normalized spacial score (nSPS) is 11.5. The molecule has 0 unspecified atom stereocenters. The number of rotatable bonds is 11. The van der Waals surface area contributed by atoms with Gasteiger partial charge in [-0.2, -0.15) is 0 Å². The SMILES string of the molecule is CNC(=O)c1cccc(NC(=O)c2ccccc2S(=O)(=O)N(CCNS(=O)(=O)c2ccc(Cl)cc2)c2ccccc2)c1. The highest BCUT2D eigenvalue weighted by Crippen LogP contribution is 2.27. The second kappa shape index (κ2) is 13.2. The van der Waals surface area contributed by atoms with E-state index in [1.165, 1.54) is 61.6 Å². The molecule has 13 heteroatoms. The molecule has 0 aliphatic carbocycles. The average molecular weight is 627 g/mol. The van der Waals surface area contributed by atoms with Gasteiger partial charge in [-0.05, 0) is 66.7 Å².